The summed E-state index contributed by atoms with van der Waals surface area (Å²) < 4.78 is 3.36. The summed E-state index contributed by atoms with van der Waals surface area (Å²) >= 11 is 10.4. The van der Waals surface area contributed by atoms with Crippen molar-refractivity contribution in [2.45, 2.75) is 0 Å². The van der Waals surface area contributed by atoms with Gasteiger partial charge in [0.25, 0.3) is 0 Å². The van der Waals surface area contributed by atoms with E-state index in [-0.39, 0.29) is 0 Å². The molecule has 3 heteroatoms. The lowest BCUT2D eigenvalue weighted by atomic mass is 9.84. The highest BCUT2D eigenvalue weighted by Gasteiger charge is 2.19. The second-order valence-electron chi connectivity index (χ2n) is 22.4. The van der Waals surface area contributed by atoms with E-state index in [0.29, 0.717) is 0 Å². The van der Waals surface area contributed by atoms with Crippen LogP contribution in [0.2, 0.25) is 0 Å². The van der Waals surface area contributed by atoms with Crippen LogP contribution in [-0.2, 0) is 0 Å². The van der Waals surface area contributed by atoms with E-state index >= 15 is 0 Å². The molecule has 0 atom stereocenters. The van der Waals surface area contributed by atoms with Crippen LogP contribution in [0.3, 0.4) is 0 Å². The third-order valence-corrected chi connectivity index (χ3v) is 18.5. The number of hydrogen-bond donors (Lipinski definition) is 0. The Morgan fingerprint density at radius 1 is 0.138 bits per heavy atom. The van der Waals surface area contributed by atoms with E-state index in [4.69, 9.17) is 0 Å². The van der Waals surface area contributed by atoms with Crippen molar-refractivity contribution in [1.82, 2.24) is 0 Å². The van der Waals surface area contributed by atoms with Gasteiger partial charge >= 0.3 is 0 Å². The van der Waals surface area contributed by atoms with Crippen LogP contribution < -0.4 is 0 Å². The fourth-order valence-electron chi connectivity index (χ4n) is 12.6. The molecule has 0 unspecified atom stereocenters. The first kappa shape index (κ1) is 54.2. The summed E-state index contributed by atoms with van der Waals surface area (Å²) in [7, 11) is 0. The molecule has 17 rings (SSSR count). The molecular weight excluding hydrogens is 1250 g/mol. The van der Waals surface area contributed by atoms with Crippen LogP contribution in [-0.4, -0.2) is 0 Å². The molecule has 0 aliphatic rings. The van der Waals surface area contributed by atoms with Gasteiger partial charge in [-0.15, -0.1) is 0 Å². The number of fused-ring (bicyclic) bond motifs is 9. The van der Waals surface area contributed by atoms with E-state index in [1.54, 1.807) is 0 Å². The Kier molecular flexibility index (Phi) is 14.6. The molecule has 0 aliphatic carbocycles. The van der Waals surface area contributed by atoms with Gasteiger partial charge in [0, 0.05) is 13.4 Å². The lowest BCUT2D eigenvalue weighted by Crippen LogP contribution is -1.92. The summed E-state index contributed by atoms with van der Waals surface area (Å²) in [6.07, 6.45) is 0. The van der Waals surface area contributed by atoms with Crippen molar-refractivity contribution in [3.05, 3.63) is 335 Å². The van der Waals surface area contributed by atoms with Gasteiger partial charge in [0.05, 0.1) is 0 Å². The summed E-state index contributed by atoms with van der Waals surface area (Å²) in [4.78, 5) is 0. The summed E-state index contributed by atoms with van der Waals surface area (Å²) in [5.74, 6) is 0. The monoisotopic (exact) mass is 1300 g/mol. The zero-order valence-electron chi connectivity index (χ0n) is 47.2. The number of benzene rings is 17. The average molecular weight is 1300 g/mol. The van der Waals surface area contributed by atoms with E-state index < -0.39 is 0 Å². The number of rotatable bonds is 5. The molecule has 17 aromatic carbocycles. The summed E-state index contributed by atoms with van der Waals surface area (Å²) in [5, 5.41) is 22.7. The minimum Gasteiger partial charge on any atom is -0.0616 e. The molecule has 0 radical (unpaired) electrons. The zero-order valence-corrected chi connectivity index (χ0v) is 52.0. The molecule has 0 heterocycles. The first-order valence-corrected chi connectivity index (χ1v) is 31.7. The van der Waals surface area contributed by atoms with Gasteiger partial charge in [0.1, 0.15) is 0 Å². The molecule has 0 bridgehead atoms. The third kappa shape index (κ3) is 11.0. The summed E-state index contributed by atoms with van der Waals surface area (Å²) in [5.41, 5.74) is 12.5. The maximum absolute atomic E-state index is 3.52. The van der Waals surface area contributed by atoms with Crippen LogP contribution >= 0.6 is 47.8 Å². The van der Waals surface area contributed by atoms with Crippen molar-refractivity contribution in [3.63, 3.8) is 0 Å². The van der Waals surface area contributed by atoms with Crippen LogP contribution in [0.25, 0.3) is 153 Å². The van der Waals surface area contributed by atoms with Crippen LogP contribution in [0, 0.1) is 0 Å². The van der Waals surface area contributed by atoms with Crippen molar-refractivity contribution >= 4 is 145 Å². The van der Waals surface area contributed by atoms with Gasteiger partial charge in [0.2, 0.25) is 0 Å². The molecule has 0 fully saturated rings. The molecule has 0 aliphatic heterocycles. The van der Waals surface area contributed by atoms with Crippen molar-refractivity contribution in [1.29, 1.82) is 0 Å². The smallest absolute Gasteiger partial charge is 0.0181 e. The quantitative estimate of drug-likeness (QED) is 0.151. The van der Waals surface area contributed by atoms with Gasteiger partial charge < -0.3 is 0 Å². The van der Waals surface area contributed by atoms with Gasteiger partial charge in [-0.1, -0.05) is 284 Å². The Balaban J connectivity index is 0.000000156. The highest BCUT2D eigenvalue weighted by atomic mass is 79.9. The molecule has 0 aromatic heterocycles. The standard InChI is InChI=1S/C54H34.C20H13Br.C10H6Br2/c1-4-12-38-29-41(20-17-35(38)9-1)42-21-22-44-31-45(24-23-43(44)30-42)46-27-28-51-52(34-46)54(48-26-19-37-11-3-6-14-40(37)33-48)50-16-8-7-15-49(50)53(51)47-25-18-36-10-2-5-13-39(36)32-47;21-20-10-9-18-12-17(7-8-19(18)13-20)16-6-5-14-3-1-2-4-15(14)11-16;11-9-3-1-7-5-10(12)4-2-8(7)6-9/h1-34H;1-13H;1-6H. The molecule has 0 nitrogen and oxygen atoms in total. The molecule has 0 amide bonds. The van der Waals surface area contributed by atoms with Gasteiger partial charge in [0.15, 0.2) is 0 Å². The Hall–Kier alpha value is -9.48. The van der Waals surface area contributed by atoms with E-state index in [9.17, 15) is 0 Å². The topological polar surface area (TPSA) is 0 Å². The van der Waals surface area contributed by atoms with Gasteiger partial charge in [-0.25, -0.2) is 0 Å². The van der Waals surface area contributed by atoms with Crippen molar-refractivity contribution in [2.75, 3.05) is 0 Å². The SMILES string of the molecule is Brc1ccc2cc(-c3ccc4ccccc4c3)ccc2c1.Brc1ccc2cc(Br)ccc2c1.c1ccc2cc(-c3ccc4cc(-c5ccc6c(-c7ccc8ccccc8c7)c7ccccc7c(-c7ccc8ccccc8c7)c6c5)ccc4c3)ccc2c1. The van der Waals surface area contributed by atoms with Crippen LogP contribution in [0.5, 0.6) is 0 Å². The van der Waals surface area contributed by atoms with Crippen molar-refractivity contribution < 1.29 is 0 Å². The van der Waals surface area contributed by atoms with Crippen LogP contribution in [0.1, 0.15) is 0 Å². The Labute approximate surface area is 531 Å². The summed E-state index contributed by atoms with van der Waals surface area (Å²) in [6.45, 7) is 0. The average Bonchev–Trinajstić information content (AvgIpc) is 1.08. The van der Waals surface area contributed by atoms with E-state index in [1.165, 1.54) is 153 Å². The van der Waals surface area contributed by atoms with Gasteiger partial charge in [-0.2, -0.15) is 0 Å². The normalized spacial score (nSPS) is 11.4. The molecule has 17 aromatic rings. The predicted octanol–water partition coefficient (Wildman–Crippen LogP) is 26.1. The second-order valence-corrected chi connectivity index (χ2v) is 25.2. The van der Waals surface area contributed by atoms with Crippen molar-refractivity contribution in [2.24, 2.45) is 0 Å². The maximum Gasteiger partial charge on any atom is 0.0181 e. The Morgan fingerprint density at radius 2 is 0.345 bits per heavy atom. The molecule has 0 N–H and O–H groups in total. The number of halogens is 3. The molecule has 0 saturated heterocycles. The zero-order chi connectivity index (χ0) is 58.4. The maximum atomic E-state index is 3.52. The number of hydrogen-bond acceptors (Lipinski definition) is 0. The molecule has 410 valence electrons. The fourth-order valence-corrected chi connectivity index (χ4v) is 13.7. The largest absolute Gasteiger partial charge is 0.0616 e. The fraction of sp³-hybridized carbons (Fsp3) is 0. The molecular formula is C84H53Br3. The summed E-state index contributed by atoms with van der Waals surface area (Å²) in [6, 6.07) is 117. The van der Waals surface area contributed by atoms with Crippen molar-refractivity contribution in [3.8, 4) is 55.6 Å². The van der Waals surface area contributed by atoms with Crippen LogP contribution in [0.4, 0.5) is 0 Å². The minimum atomic E-state index is 1.12. The third-order valence-electron chi connectivity index (χ3n) is 17.0. The predicted molar refractivity (Wildman–Crippen MR) is 387 cm³/mol. The molecule has 87 heavy (non-hydrogen) atoms. The van der Waals surface area contributed by atoms with E-state index in [1.807, 2.05) is 0 Å². The molecule has 0 saturated carbocycles. The van der Waals surface area contributed by atoms with E-state index in [0.717, 1.165) is 13.4 Å². The first-order chi connectivity index (χ1) is 42.8. The highest BCUT2D eigenvalue weighted by molar-refractivity contribution is 9.11. The van der Waals surface area contributed by atoms with Gasteiger partial charge in [-0.3, -0.25) is 0 Å². The lowest BCUT2D eigenvalue weighted by molar-refractivity contribution is 1.65. The van der Waals surface area contributed by atoms with E-state index in [2.05, 4.69) is 369 Å². The molecule has 0 spiro atoms. The highest BCUT2D eigenvalue weighted by Crippen LogP contribution is 2.46. The Morgan fingerprint density at radius 3 is 0.690 bits per heavy atom. The first-order valence-electron chi connectivity index (χ1n) is 29.3. The Bertz CT molecular complexity index is 5480. The van der Waals surface area contributed by atoms with Crippen LogP contribution in [0.15, 0.2) is 335 Å². The second kappa shape index (κ2) is 23.4. The minimum absolute atomic E-state index is 1.12. The lowest BCUT2D eigenvalue weighted by Gasteiger charge is -2.19. The van der Waals surface area contributed by atoms with Gasteiger partial charge in [-0.05, 0) is 238 Å².